The maximum absolute atomic E-state index is 12.1. The molecule has 6 nitrogen and oxygen atoms in total. The van der Waals surface area contributed by atoms with Gasteiger partial charge in [0.1, 0.15) is 6.61 Å². The molecular formula is C17H24F3N3O3. The van der Waals surface area contributed by atoms with Gasteiger partial charge < -0.3 is 15.4 Å². The summed E-state index contributed by atoms with van der Waals surface area (Å²) in [6.45, 7) is 3.19. The van der Waals surface area contributed by atoms with E-state index in [0.29, 0.717) is 30.9 Å². The molecule has 1 rings (SSSR count). The van der Waals surface area contributed by atoms with Gasteiger partial charge in [0.15, 0.2) is 0 Å². The van der Waals surface area contributed by atoms with Crippen LogP contribution in [0.1, 0.15) is 20.3 Å². The largest absolute Gasteiger partial charge is 0.411 e. The summed E-state index contributed by atoms with van der Waals surface area (Å²) in [6, 6.07) is 6.69. The molecule has 1 aromatic rings. The molecule has 9 heteroatoms. The molecule has 0 bridgehead atoms. The summed E-state index contributed by atoms with van der Waals surface area (Å²) < 4.78 is 40.4. The monoisotopic (exact) mass is 375 g/mol. The lowest BCUT2D eigenvalue weighted by Crippen LogP contribution is -2.34. The average Bonchev–Trinajstić information content (AvgIpc) is 2.53. The molecule has 0 aliphatic heterocycles. The summed E-state index contributed by atoms with van der Waals surface area (Å²) in [5.41, 5.74) is 1.22. The number of nitrogens with one attached hydrogen (secondary N) is 2. The molecule has 0 heterocycles. The van der Waals surface area contributed by atoms with E-state index in [1.807, 2.05) is 11.8 Å². The lowest BCUT2D eigenvalue weighted by molar-refractivity contribution is -0.174. The molecule has 1 aromatic carbocycles. The van der Waals surface area contributed by atoms with Crippen molar-refractivity contribution in [2.24, 2.45) is 0 Å². The van der Waals surface area contributed by atoms with Crippen molar-refractivity contribution in [2.75, 3.05) is 43.5 Å². The number of hydrogen-bond acceptors (Lipinski definition) is 4. The van der Waals surface area contributed by atoms with Crippen molar-refractivity contribution in [1.82, 2.24) is 4.90 Å². The van der Waals surface area contributed by atoms with Crippen LogP contribution in [0.4, 0.5) is 24.5 Å². The van der Waals surface area contributed by atoms with Gasteiger partial charge >= 0.3 is 6.18 Å². The van der Waals surface area contributed by atoms with Crippen molar-refractivity contribution >= 4 is 23.2 Å². The van der Waals surface area contributed by atoms with E-state index in [2.05, 4.69) is 15.4 Å². The van der Waals surface area contributed by atoms with Gasteiger partial charge in [-0.25, -0.2) is 0 Å². The van der Waals surface area contributed by atoms with E-state index in [1.54, 1.807) is 24.3 Å². The number of alkyl halides is 3. The third-order valence-electron chi connectivity index (χ3n) is 3.33. The van der Waals surface area contributed by atoms with E-state index in [1.165, 1.54) is 6.92 Å². The molecule has 26 heavy (non-hydrogen) atoms. The Morgan fingerprint density at radius 2 is 1.69 bits per heavy atom. The zero-order chi connectivity index (χ0) is 19.6. The van der Waals surface area contributed by atoms with Crippen molar-refractivity contribution in [3.63, 3.8) is 0 Å². The molecule has 0 spiro atoms. The first kappa shape index (κ1) is 21.9. The molecule has 0 unspecified atom stereocenters. The van der Waals surface area contributed by atoms with Crippen LogP contribution in [0.5, 0.6) is 0 Å². The molecule has 2 N–H and O–H groups in total. The van der Waals surface area contributed by atoms with Crippen molar-refractivity contribution in [3.05, 3.63) is 24.3 Å². The van der Waals surface area contributed by atoms with E-state index in [-0.39, 0.29) is 25.0 Å². The highest BCUT2D eigenvalue weighted by Gasteiger charge is 2.27. The van der Waals surface area contributed by atoms with Gasteiger partial charge in [-0.15, -0.1) is 0 Å². The van der Waals surface area contributed by atoms with E-state index < -0.39 is 12.8 Å². The Labute approximate surface area is 150 Å². The minimum atomic E-state index is -4.32. The van der Waals surface area contributed by atoms with Gasteiger partial charge in [0.2, 0.25) is 11.8 Å². The van der Waals surface area contributed by atoms with Gasteiger partial charge in [-0.05, 0) is 37.2 Å². The Kier molecular flexibility index (Phi) is 9.08. The van der Waals surface area contributed by atoms with Crippen molar-refractivity contribution < 1.29 is 27.5 Å². The Balaban J connectivity index is 2.34. The summed E-state index contributed by atoms with van der Waals surface area (Å²) in [6.07, 6.45) is -3.91. The molecule has 2 amide bonds. The van der Waals surface area contributed by atoms with E-state index >= 15 is 0 Å². The number of nitrogens with zero attached hydrogens (tertiary/aromatic N) is 1. The SMILES string of the molecule is CCN(CCCOCC(F)(F)F)CC(=O)Nc1ccc(NC(C)=O)cc1. The first-order chi connectivity index (χ1) is 12.2. The zero-order valence-electron chi connectivity index (χ0n) is 14.9. The second-order valence-electron chi connectivity index (χ2n) is 5.70. The summed E-state index contributed by atoms with van der Waals surface area (Å²) in [7, 11) is 0. The Bertz CT molecular complexity index is 577. The standard InChI is InChI=1S/C17H24F3N3O3/c1-3-23(9-4-10-26-12-17(18,19)20)11-16(25)22-15-7-5-14(6-8-15)21-13(2)24/h5-8H,3-4,9-12H2,1-2H3,(H,21,24)(H,22,25). The van der Waals surface area contributed by atoms with Crippen LogP contribution in [0.15, 0.2) is 24.3 Å². The Morgan fingerprint density at radius 1 is 1.12 bits per heavy atom. The number of anilines is 2. The Hall–Kier alpha value is -2.13. The highest BCUT2D eigenvalue weighted by atomic mass is 19.4. The van der Waals surface area contributed by atoms with Gasteiger partial charge in [0, 0.05) is 31.5 Å². The molecule has 0 aromatic heterocycles. The number of halogens is 3. The molecular weight excluding hydrogens is 351 g/mol. The van der Waals surface area contributed by atoms with E-state index in [9.17, 15) is 22.8 Å². The van der Waals surface area contributed by atoms with Crippen LogP contribution in [0, 0.1) is 0 Å². The Morgan fingerprint density at radius 3 is 2.19 bits per heavy atom. The minimum absolute atomic E-state index is 0.0117. The lowest BCUT2D eigenvalue weighted by atomic mass is 10.2. The lowest BCUT2D eigenvalue weighted by Gasteiger charge is -2.20. The fraction of sp³-hybridized carbons (Fsp3) is 0.529. The summed E-state index contributed by atoms with van der Waals surface area (Å²) in [4.78, 5) is 24.8. The van der Waals surface area contributed by atoms with Crippen molar-refractivity contribution in [1.29, 1.82) is 0 Å². The van der Waals surface area contributed by atoms with Crippen LogP contribution in [-0.2, 0) is 14.3 Å². The van der Waals surface area contributed by atoms with Crippen LogP contribution in [0.3, 0.4) is 0 Å². The number of ether oxygens (including phenoxy) is 1. The molecule has 0 aliphatic rings. The number of benzene rings is 1. The molecule has 0 fully saturated rings. The zero-order valence-corrected chi connectivity index (χ0v) is 14.9. The summed E-state index contributed by atoms with van der Waals surface area (Å²) >= 11 is 0. The van der Waals surface area contributed by atoms with Gasteiger partial charge in [-0.2, -0.15) is 13.2 Å². The predicted octanol–water partition coefficient (Wildman–Crippen LogP) is 2.87. The number of rotatable bonds is 10. The number of likely N-dealkylation sites (N-methyl/N-ethyl adjacent to an activating group) is 1. The highest BCUT2D eigenvalue weighted by Crippen LogP contribution is 2.15. The first-order valence-corrected chi connectivity index (χ1v) is 8.24. The average molecular weight is 375 g/mol. The van der Waals surface area contributed by atoms with Crippen molar-refractivity contribution in [2.45, 2.75) is 26.4 Å². The van der Waals surface area contributed by atoms with E-state index in [4.69, 9.17) is 0 Å². The molecule has 0 saturated heterocycles. The first-order valence-electron chi connectivity index (χ1n) is 8.24. The summed E-state index contributed by atoms with van der Waals surface area (Å²) in [5.74, 6) is -0.407. The molecule has 0 saturated carbocycles. The maximum Gasteiger partial charge on any atom is 0.411 e. The van der Waals surface area contributed by atoms with Crippen LogP contribution in [0.2, 0.25) is 0 Å². The smallest absolute Gasteiger partial charge is 0.372 e. The van der Waals surface area contributed by atoms with Gasteiger partial charge in [-0.1, -0.05) is 6.92 Å². The second-order valence-corrected chi connectivity index (χ2v) is 5.70. The van der Waals surface area contributed by atoms with Crippen LogP contribution in [-0.4, -0.2) is 55.7 Å². The minimum Gasteiger partial charge on any atom is -0.372 e. The third kappa shape index (κ3) is 10.00. The van der Waals surface area contributed by atoms with Gasteiger partial charge in [0.25, 0.3) is 0 Å². The van der Waals surface area contributed by atoms with Crippen LogP contribution >= 0.6 is 0 Å². The van der Waals surface area contributed by atoms with Crippen LogP contribution in [0.25, 0.3) is 0 Å². The topological polar surface area (TPSA) is 70.7 Å². The fourth-order valence-electron chi connectivity index (χ4n) is 2.17. The van der Waals surface area contributed by atoms with Crippen LogP contribution < -0.4 is 10.6 Å². The molecule has 146 valence electrons. The second kappa shape index (κ2) is 10.8. The maximum atomic E-state index is 12.1. The highest BCUT2D eigenvalue weighted by molar-refractivity contribution is 5.93. The molecule has 0 atom stereocenters. The molecule has 0 radical (unpaired) electrons. The predicted molar refractivity (Wildman–Crippen MR) is 93.0 cm³/mol. The number of amides is 2. The fourth-order valence-corrected chi connectivity index (χ4v) is 2.17. The normalized spacial score (nSPS) is 11.5. The van der Waals surface area contributed by atoms with Gasteiger partial charge in [-0.3, -0.25) is 14.5 Å². The third-order valence-corrected chi connectivity index (χ3v) is 3.33. The quantitative estimate of drug-likeness (QED) is 0.617. The van der Waals surface area contributed by atoms with E-state index in [0.717, 1.165) is 0 Å². The van der Waals surface area contributed by atoms with Crippen molar-refractivity contribution in [3.8, 4) is 0 Å². The number of carbonyl (C=O) groups is 2. The molecule has 0 aliphatic carbocycles. The summed E-state index contributed by atoms with van der Waals surface area (Å²) in [5, 5.41) is 5.36. The number of hydrogen-bond donors (Lipinski definition) is 2. The van der Waals surface area contributed by atoms with Gasteiger partial charge in [0.05, 0.1) is 6.54 Å². The number of carbonyl (C=O) groups excluding carboxylic acids is 2.